The van der Waals surface area contributed by atoms with Crippen molar-refractivity contribution in [2.24, 2.45) is 0 Å². The Kier molecular flexibility index (Phi) is 6.42. The zero-order valence-electron chi connectivity index (χ0n) is 18.5. The summed E-state index contributed by atoms with van der Waals surface area (Å²) in [6.45, 7) is 0. The van der Waals surface area contributed by atoms with Crippen molar-refractivity contribution in [3.05, 3.63) is 82.9 Å². The third-order valence-corrected chi connectivity index (χ3v) is 6.49. The Hall–Kier alpha value is -3.49. The van der Waals surface area contributed by atoms with Crippen molar-refractivity contribution in [2.45, 2.75) is 17.1 Å². The summed E-state index contributed by atoms with van der Waals surface area (Å²) in [5.74, 6) is 2.43. The first-order chi connectivity index (χ1) is 16.6. The lowest BCUT2D eigenvalue weighted by atomic mass is 10.1. The van der Waals surface area contributed by atoms with Crippen LogP contribution in [0.2, 0.25) is 5.02 Å². The molecular formula is C25H21ClN4O3S. The fourth-order valence-electron chi connectivity index (χ4n) is 3.62. The second-order valence-electron chi connectivity index (χ2n) is 7.46. The summed E-state index contributed by atoms with van der Waals surface area (Å²) >= 11 is 7.47. The molecule has 9 heteroatoms. The number of anilines is 1. The Balaban J connectivity index is 1.51. The van der Waals surface area contributed by atoms with Crippen LogP contribution in [0.5, 0.6) is 17.4 Å². The average Bonchev–Trinajstić information content (AvgIpc) is 3.04. The van der Waals surface area contributed by atoms with Crippen LogP contribution in [0.25, 0.3) is 11.3 Å². The van der Waals surface area contributed by atoms with Crippen LogP contribution in [-0.2, 0) is 5.75 Å². The van der Waals surface area contributed by atoms with E-state index >= 15 is 0 Å². The number of hydrogen-bond acceptors (Lipinski definition) is 8. The van der Waals surface area contributed by atoms with Crippen molar-refractivity contribution < 1.29 is 14.2 Å². The maximum atomic E-state index is 6.38. The third-order valence-electron chi connectivity index (χ3n) is 5.33. The highest BCUT2D eigenvalue weighted by Crippen LogP contribution is 2.41. The van der Waals surface area contributed by atoms with Crippen LogP contribution in [0.15, 0.2) is 71.9 Å². The van der Waals surface area contributed by atoms with Gasteiger partial charge in [-0.05, 0) is 42.0 Å². The summed E-state index contributed by atoms with van der Waals surface area (Å²) in [4.78, 5) is 4.71. The van der Waals surface area contributed by atoms with Crippen LogP contribution >= 0.6 is 23.4 Å². The van der Waals surface area contributed by atoms with Crippen molar-refractivity contribution in [3.8, 4) is 28.6 Å². The minimum absolute atomic E-state index is 0.390. The summed E-state index contributed by atoms with van der Waals surface area (Å²) in [7, 11) is 3.25. The molecule has 3 aromatic carbocycles. The van der Waals surface area contributed by atoms with Crippen molar-refractivity contribution >= 4 is 29.1 Å². The van der Waals surface area contributed by atoms with Crippen LogP contribution in [0.4, 0.5) is 5.69 Å². The van der Waals surface area contributed by atoms with E-state index in [-0.39, 0.29) is 0 Å². The number of para-hydroxylation sites is 1. The molecule has 0 spiro atoms. The predicted molar refractivity (Wildman–Crippen MR) is 133 cm³/mol. The molecule has 0 saturated heterocycles. The van der Waals surface area contributed by atoms with Gasteiger partial charge in [0.25, 0.3) is 0 Å². The molecule has 1 aromatic heterocycles. The topological polar surface area (TPSA) is 78.4 Å². The third kappa shape index (κ3) is 4.60. The molecule has 5 rings (SSSR count). The maximum absolute atomic E-state index is 6.38. The fraction of sp³-hybridized carbons (Fsp3) is 0.160. The lowest BCUT2D eigenvalue weighted by Crippen LogP contribution is -2.18. The molecule has 1 unspecified atom stereocenters. The summed E-state index contributed by atoms with van der Waals surface area (Å²) < 4.78 is 17.4. The van der Waals surface area contributed by atoms with Gasteiger partial charge in [0.15, 0.2) is 5.69 Å². The van der Waals surface area contributed by atoms with E-state index in [0.717, 1.165) is 22.4 Å². The Morgan fingerprint density at radius 2 is 1.82 bits per heavy atom. The van der Waals surface area contributed by atoms with E-state index in [4.69, 9.17) is 30.8 Å². The molecule has 34 heavy (non-hydrogen) atoms. The molecule has 1 atom stereocenters. The number of aromatic nitrogens is 3. The van der Waals surface area contributed by atoms with E-state index < -0.39 is 6.23 Å². The van der Waals surface area contributed by atoms with Crippen LogP contribution in [-0.4, -0.2) is 29.4 Å². The number of benzene rings is 3. The van der Waals surface area contributed by atoms with Crippen molar-refractivity contribution in [3.63, 3.8) is 0 Å². The molecule has 172 valence electrons. The number of halogens is 1. The van der Waals surface area contributed by atoms with Gasteiger partial charge >= 0.3 is 0 Å². The molecule has 0 radical (unpaired) electrons. The first-order valence-electron chi connectivity index (χ1n) is 10.5. The van der Waals surface area contributed by atoms with E-state index in [0.29, 0.717) is 39.0 Å². The van der Waals surface area contributed by atoms with Gasteiger partial charge in [-0.1, -0.05) is 53.7 Å². The van der Waals surface area contributed by atoms with E-state index in [1.807, 2.05) is 66.7 Å². The minimum atomic E-state index is -0.585. The van der Waals surface area contributed by atoms with Crippen LogP contribution in [0.1, 0.15) is 17.4 Å². The number of hydrogen-bond donors (Lipinski definition) is 1. The van der Waals surface area contributed by atoms with Gasteiger partial charge in [-0.25, -0.2) is 0 Å². The lowest BCUT2D eigenvalue weighted by molar-refractivity contribution is 0.219. The quantitative estimate of drug-likeness (QED) is 0.328. The van der Waals surface area contributed by atoms with Gasteiger partial charge in [-0.2, -0.15) is 4.98 Å². The first-order valence-corrected chi connectivity index (χ1v) is 11.9. The number of ether oxygens (including phenoxy) is 3. The highest BCUT2D eigenvalue weighted by molar-refractivity contribution is 7.98. The zero-order valence-corrected chi connectivity index (χ0v) is 20.1. The summed E-state index contributed by atoms with van der Waals surface area (Å²) in [6, 6.07) is 21.1. The molecule has 2 heterocycles. The van der Waals surface area contributed by atoms with Gasteiger partial charge in [-0.3, -0.25) is 0 Å². The number of thioether (sulfide) groups is 1. The van der Waals surface area contributed by atoms with Crippen LogP contribution in [0.3, 0.4) is 0 Å². The second-order valence-corrected chi connectivity index (χ2v) is 8.84. The highest BCUT2D eigenvalue weighted by atomic mass is 35.5. The molecule has 0 aliphatic carbocycles. The molecule has 0 amide bonds. The second kappa shape index (κ2) is 9.79. The number of nitrogens with one attached hydrogen (secondary N) is 1. The van der Waals surface area contributed by atoms with Crippen molar-refractivity contribution in [2.75, 3.05) is 19.5 Å². The Labute approximate surface area is 206 Å². The van der Waals surface area contributed by atoms with Gasteiger partial charge in [0, 0.05) is 22.0 Å². The van der Waals surface area contributed by atoms with E-state index in [1.54, 1.807) is 14.2 Å². The molecule has 1 aliphatic heterocycles. The van der Waals surface area contributed by atoms with E-state index in [1.165, 1.54) is 11.8 Å². The van der Waals surface area contributed by atoms with Crippen molar-refractivity contribution in [1.29, 1.82) is 0 Å². The summed E-state index contributed by atoms with van der Waals surface area (Å²) in [5.41, 5.74) is 4.17. The summed E-state index contributed by atoms with van der Waals surface area (Å²) in [5, 5.41) is 13.5. The largest absolute Gasteiger partial charge is 0.497 e. The maximum Gasteiger partial charge on any atom is 0.247 e. The predicted octanol–water partition coefficient (Wildman–Crippen LogP) is 6.00. The lowest BCUT2D eigenvalue weighted by Gasteiger charge is -2.21. The monoisotopic (exact) mass is 492 g/mol. The average molecular weight is 493 g/mol. The Morgan fingerprint density at radius 3 is 2.62 bits per heavy atom. The fourth-order valence-corrected chi connectivity index (χ4v) is 4.48. The SMILES string of the molecule is COc1ccc(OC)c(C2Nc3ccccc3-c3nnc(SCc4ccc(Cl)cc4)nc3O2)c1. The molecule has 0 bridgehead atoms. The molecule has 7 nitrogen and oxygen atoms in total. The zero-order chi connectivity index (χ0) is 23.5. The Morgan fingerprint density at radius 1 is 1.00 bits per heavy atom. The molecular weight excluding hydrogens is 472 g/mol. The number of methoxy groups -OCH3 is 2. The van der Waals surface area contributed by atoms with Crippen LogP contribution < -0.4 is 19.5 Å². The van der Waals surface area contributed by atoms with Gasteiger partial charge < -0.3 is 19.5 Å². The Bertz CT molecular complexity index is 1320. The molecule has 0 fully saturated rings. The number of fused-ring (bicyclic) bond motifs is 3. The van der Waals surface area contributed by atoms with Gasteiger partial charge in [0.2, 0.25) is 17.3 Å². The molecule has 1 aliphatic rings. The first kappa shape index (κ1) is 22.3. The van der Waals surface area contributed by atoms with Crippen LogP contribution in [0, 0.1) is 0 Å². The van der Waals surface area contributed by atoms with E-state index in [9.17, 15) is 0 Å². The summed E-state index contributed by atoms with van der Waals surface area (Å²) in [6.07, 6.45) is -0.585. The smallest absolute Gasteiger partial charge is 0.247 e. The standard InChI is InChI=1S/C25H21ClN4O3S/c1-31-17-11-12-21(32-2)19(13-17)23-27-20-6-4-3-5-18(20)22-24(33-23)28-25(30-29-22)34-14-15-7-9-16(26)10-8-15/h3-13,23,27H,14H2,1-2H3. The minimum Gasteiger partial charge on any atom is -0.497 e. The number of rotatable bonds is 6. The normalized spacial score (nSPS) is 14.1. The molecule has 0 saturated carbocycles. The molecule has 1 N–H and O–H groups in total. The van der Waals surface area contributed by atoms with Crippen molar-refractivity contribution in [1.82, 2.24) is 15.2 Å². The van der Waals surface area contributed by atoms with Gasteiger partial charge in [-0.15, -0.1) is 10.2 Å². The van der Waals surface area contributed by atoms with E-state index in [2.05, 4.69) is 15.5 Å². The van der Waals surface area contributed by atoms with Gasteiger partial charge in [0.1, 0.15) is 11.5 Å². The molecule has 4 aromatic rings. The number of nitrogens with zero attached hydrogens (tertiary/aromatic N) is 3. The highest BCUT2D eigenvalue weighted by Gasteiger charge is 2.28. The van der Waals surface area contributed by atoms with Gasteiger partial charge in [0.05, 0.1) is 19.8 Å².